The first-order valence-corrected chi connectivity index (χ1v) is 6.21. The minimum absolute atomic E-state index is 0.0772. The molecule has 2 heterocycles. The Hall–Kier alpha value is -1.37. The third kappa shape index (κ3) is 1.73. The fourth-order valence-corrected chi connectivity index (χ4v) is 3.14. The molecule has 0 aromatic rings. The summed E-state index contributed by atoms with van der Waals surface area (Å²) < 4.78 is 10.7. The number of nitrogens with zero attached hydrogens (tertiary/aromatic N) is 1. The first kappa shape index (κ1) is 13.1. The van der Waals surface area contributed by atoms with Crippen molar-refractivity contribution in [3.63, 3.8) is 0 Å². The van der Waals surface area contributed by atoms with Crippen LogP contribution in [0.5, 0.6) is 0 Å². The summed E-state index contributed by atoms with van der Waals surface area (Å²) in [5.74, 6) is -1.11. The average molecular weight is 255 g/mol. The van der Waals surface area contributed by atoms with Gasteiger partial charge in [-0.15, -0.1) is 0 Å². The highest BCUT2D eigenvalue weighted by Gasteiger charge is 2.68. The standard InChI is InChI=1S/C11H18BNO5/c1-8(2)4-9(7-14)12-13(3,5-10(15)17-12)6-11(16)18-12/h7-9H,4-6H2,1-3H3. The molecule has 0 N–H and O–H groups in total. The van der Waals surface area contributed by atoms with Crippen molar-refractivity contribution in [3.05, 3.63) is 0 Å². The Labute approximate surface area is 106 Å². The summed E-state index contributed by atoms with van der Waals surface area (Å²) in [6.45, 7) is 1.91. The minimum Gasteiger partial charge on any atom is -0.600 e. The van der Waals surface area contributed by atoms with E-state index in [9.17, 15) is 14.4 Å². The number of quaternary nitrogens is 1. The van der Waals surface area contributed by atoms with E-state index in [0.717, 1.165) is 6.29 Å². The van der Waals surface area contributed by atoms with Gasteiger partial charge in [0.1, 0.15) is 19.4 Å². The largest absolute Gasteiger partial charge is 0.600 e. The zero-order chi connectivity index (χ0) is 13.6. The van der Waals surface area contributed by atoms with E-state index in [4.69, 9.17) is 9.31 Å². The van der Waals surface area contributed by atoms with E-state index in [1.165, 1.54) is 0 Å². The Balaban J connectivity index is 2.38. The molecule has 2 aliphatic rings. The molecule has 7 heteroatoms. The molecule has 0 aromatic heterocycles. The maximum Gasteiger partial charge on any atom is 0.593 e. The maximum absolute atomic E-state index is 11.6. The van der Waals surface area contributed by atoms with Gasteiger partial charge in [0.2, 0.25) is 0 Å². The van der Waals surface area contributed by atoms with E-state index in [-0.39, 0.29) is 23.4 Å². The van der Waals surface area contributed by atoms with Crippen LogP contribution in [0.15, 0.2) is 0 Å². The molecule has 0 aromatic carbocycles. The van der Waals surface area contributed by atoms with Gasteiger partial charge in [0.15, 0.2) is 0 Å². The van der Waals surface area contributed by atoms with Gasteiger partial charge in [-0.1, -0.05) is 20.3 Å². The monoisotopic (exact) mass is 255 g/mol. The van der Waals surface area contributed by atoms with E-state index >= 15 is 0 Å². The lowest BCUT2D eigenvalue weighted by molar-refractivity contribution is -0.794. The topological polar surface area (TPSA) is 69.7 Å². The van der Waals surface area contributed by atoms with Gasteiger partial charge in [-0.2, -0.15) is 0 Å². The van der Waals surface area contributed by atoms with Gasteiger partial charge < -0.3 is 18.5 Å². The number of likely N-dealkylation sites (N-methyl/N-ethyl adjacent to an activating group) is 1. The van der Waals surface area contributed by atoms with Gasteiger partial charge in [-0.25, -0.2) is 0 Å². The zero-order valence-electron chi connectivity index (χ0n) is 10.9. The average Bonchev–Trinajstić information content (AvgIpc) is 2.58. The third-order valence-electron chi connectivity index (χ3n) is 3.91. The second kappa shape index (κ2) is 4.08. The Morgan fingerprint density at radius 1 is 1.28 bits per heavy atom. The highest BCUT2D eigenvalue weighted by Crippen LogP contribution is 2.43. The molecule has 0 amide bonds. The van der Waals surface area contributed by atoms with Crippen LogP contribution >= 0.6 is 0 Å². The molecule has 2 rings (SSSR count). The highest BCUT2D eigenvalue weighted by molar-refractivity contribution is 6.70. The number of carbonyl (C=O) groups excluding carboxylic acids is 3. The Morgan fingerprint density at radius 2 is 1.78 bits per heavy atom. The SMILES string of the molecule is CC(C)CC(C=O)[B-]12OC(=O)C[N+]1(C)CC(=O)O2. The molecule has 100 valence electrons. The van der Waals surface area contributed by atoms with Crippen molar-refractivity contribution in [2.75, 3.05) is 20.1 Å². The quantitative estimate of drug-likeness (QED) is 0.526. The molecular weight excluding hydrogens is 237 g/mol. The third-order valence-corrected chi connectivity index (χ3v) is 3.91. The smallest absolute Gasteiger partial charge is 0.593 e. The molecule has 2 saturated heterocycles. The first-order chi connectivity index (χ1) is 8.33. The van der Waals surface area contributed by atoms with Crippen LogP contribution in [0.2, 0.25) is 5.82 Å². The summed E-state index contributed by atoms with van der Waals surface area (Å²) in [4.78, 5) is 34.4. The van der Waals surface area contributed by atoms with Crippen LogP contribution in [0, 0.1) is 5.92 Å². The molecule has 1 atom stereocenters. The van der Waals surface area contributed by atoms with Gasteiger partial charge in [-0.05, 0) is 5.92 Å². The molecule has 2 fully saturated rings. The van der Waals surface area contributed by atoms with Gasteiger partial charge in [0, 0.05) is 12.9 Å². The molecule has 18 heavy (non-hydrogen) atoms. The molecule has 0 radical (unpaired) electrons. The van der Waals surface area contributed by atoms with Gasteiger partial charge in [0.25, 0.3) is 0 Å². The van der Waals surface area contributed by atoms with Gasteiger partial charge >= 0.3 is 18.6 Å². The molecule has 1 unspecified atom stereocenters. The van der Waals surface area contributed by atoms with Gasteiger partial charge in [-0.3, -0.25) is 9.59 Å². The Kier molecular flexibility index (Phi) is 2.97. The predicted molar refractivity (Wildman–Crippen MR) is 63.1 cm³/mol. The zero-order valence-corrected chi connectivity index (χ0v) is 10.9. The number of carbonyl (C=O) groups is 3. The lowest BCUT2D eigenvalue weighted by atomic mass is 9.54. The fourth-order valence-electron chi connectivity index (χ4n) is 3.14. The van der Waals surface area contributed by atoms with Crippen molar-refractivity contribution in [2.45, 2.75) is 26.1 Å². The number of rotatable bonds is 4. The van der Waals surface area contributed by atoms with E-state index in [1.807, 2.05) is 13.8 Å². The number of fused-ring (bicyclic) bond motifs is 1. The lowest BCUT2D eigenvalue weighted by Gasteiger charge is -2.43. The van der Waals surface area contributed by atoms with Crippen LogP contribution in [0.3, 0.4) is 0 Å². The van der Waals surface area contributed by atoms with Crippen LogP contribution in [0.25, 0.3) is 0 Å². The normalized spacial score (nSPS) is 36.2. The second-order valence-electron chi connectivity index (χ2n) is 5.93. The first-order valence-electron chi connectivity index (χ1n) is 6.21. The summed E-state index contributed by atoms with van der Waals surface area (Å²) in [7, 11) is 1.74. The molecule has 2 aliphatic heterocycles. The fraction of sp³-hybridized carbons (Fsp3) is 0.727. The summed E-state index contributed by atoms with van der Waals surface area (Å²) in [6, 6.07) is 0. The highest BCUT2D eigenvalue weighted by atomic mass is 16.7. The molecule has 0 bridgehead atoms. The Bertz CT molecular complexity index is 388. The van der Waals surface area contributed by atoms with E-state index in [0.29, 0.717) is 6.42 Å². The summed E-state index contributed by atoms with van der Waals surface area (Å²) >= 11 is 0. The predicted octanol–water partition coefficient (Wildman–Crippen LogP) is 0.101. The van der Waals surface area contributed by atoms with E-state index < -0.39 is 24.4 Å². The van der Waals surface area contributed by atoms with Crippen molar-refractivity contribution >= 4 is 24.9 Å². The van der Waals surface area contributed by atoms with Crippen LogP contribution < -0.4 is 0 Å². The van der Waals surface area contributed by atoms with Crippen molar-refractivity contribution in [2.24, 2.45) is 5.92 Å². The Morgan fingerprint density at radius 3 is 2.17 bits per heavy atom. The molecule has 0 saturated carbocycles. The molecule has 0 spiro atoms. The van der Waals surface area contributed by atoms with E-state index in [2.05, 4.69) is 0 Å². The van der Waals surface area contributed by atoms with Crippen LogP contribution in [0.1, 0.15) is 20.3 Å². The van der Waals surface area contributed by atoms with Crippen molar-refractivity contribution in [3.8, 4) is 0 Å². The lowest BCUT2D eigenvalue weighted by Crippen LogP contribution is -2.63. The second-order valence-corrected chi connectivity index (χ2v) is 5.93. The van der Waals surface area contributed by atoms with Crippen molar-refractivity contribution in [1.82, 2.24) is 0 Å². The molecule has 0 aliphatic carbocycles. The summed E-state index contributed by atoms with van der Waals surface area (Å²) in [6.07, 6.45) is 1.30. The van der Waals surface area contributed by atoms with Crippen molar-refractivity contribution < 1.29 is 28.1 Å². The summed E-state index contributed by atoms with van der Waals surface area (Å²) in [5.41, 5.74) is 0. The number of hydrogen-bond donors (Lipinski definition) is 0. The number of hydrogen-bond acceptors (Lipinski definition) is 5. The van der Waals surface area contributed by atoms with Gasteiger partial charge in [0.05, 0.1) is 0 Å². The molecule has 6 nitrogen and oxygen atoms in total. The maximum atomic E-state index is 11.6. The van der Waals surface area contributed by atoms with E-state index in [1.54, 1.807) is 7.05 Å². The van der Waals surface area contributed by atoms with Crippen molar-refractivity contribution in [1.29, 1.82) is 0 Å². The van der Waals surface area contributed by atoms with Crippen LogP contribution in [0.4, 0.5) is 0 Å². The van der Waals surface area contributed by atoms with Crippen LogP contribution in [-0.4, -0.2) is 49.4 Å². The summed E-state index contributed by atoms with van der Waals surface area (Å²) in [5, 5.41) is 0. The van der Waals surface area contributed by atoms with Crippen LogP contribution in [-0.2, 0) is 23.7 Å². The number of aldehydes is 1. The molecular formula is C11H18BNO5. The minimum atomic E-state index is -2.22.